The smallest absolute Gasteiger partial charge is 0.217 e. The molecular weight excluding hydrogens is 1570 g/mol. The predicted octanol–water partition coefficient (Wildman–Crippen LogP) is -19.9. The molecule has 0 spiro atoms. The topological polar surface area (TPSA) is 788 Å². The van der Waals surface area contributed by atoms with Crippen molar-refractivity contribution in [1.82, 2.24) is 26.6 Å². The van der Waals surface area contributed by atoms with E-state index in [1.807, 2.05) is 0 Å². The van der Waals surface area contributed by atoms with Gasteiger partial charge in [-0.1, -0.05) is 0 Å². The van der Waals surface area contributed by atoms with Gasteiger partial charge in [-0.2, -0.15) is 0 Å². The van der Waals surface area contributed by atoms with Crippen molar-refractivity contribution in [3.05, 3.63) is 0 Å². The Hall–Kier alpha value is -4.29. The SMILES string of the molecule is CC(=O)N[C@H]1[C@H](O[C@H]2[C@@H](O)[C@@H](CO[C@@H]3O[C@H](CO)[C@@H](O)[C@H](O)[C@H]3NC(C)=O)O[C@@H](O[C@H]3[C@H](O)[C@@H](NC(C)=O)[C@H](O[C@H]4[C@@H](O)[C@@H](CO)O[C@@H](O[C@H]5[C@H](O)[C@@H](O)C(O)O[C@@H]5CO)[C@@H]4O)O[C@@H]3CO)[C@@H]2O)O[C@H](CO)[C@@H](O[C@@H]2O[C@H](CO[C@@H]3O[C@H](CO)[C@@H](O)[C@H](O)[C@H]3NC(C)=O)[C@H](O)[C@H](O[C@@H]3O[C@H](CO)[C@@H](O)[C@H](O)[C@H]3NC(C)=O)[C@H]2O)[C@@H]1O. The molecule has 0 aromatic rings. The van der Waals surface area contributed by atoms with Gasteiger partial charge in [0.15, 0.2) is 56.6 Å². The van der Waals surface area contributed by atoms with Gasteiger partial charge in [0.1, 0.15) is 219 Å². The minimum Gasteiger partial charge on any atom is -0.394 e. The summed E-state index contributed by atoms with van der Waals surface area (Å²) >= 11 is 0. The first-order valence-electron chi connectivity index (χ1n) is 36.6. The number of carbonyl (C=O) groups is 5. The molecule has 0 aliphatic carbocycles. The summed E-state index contributed by atoms with van der Waals surface area (Å²) in [6, 6.07) is -9.13. The van der Waals surface area contributed by atoms with Crippen LogP contribution in [0.15, 0.2) is 0 Å². The molecule has 0 bridgehead atoms. The summed E-state index contributed by atoms with van der Waals surface area (Å²) in [5.41, 5.74) is 0. The molecule has 0 saturated carbocycles. The monoisotopic (exact) mass is 1680 g/mol. The molecule has 51 nitrogen and oxygen atoms in total. The van der Waals surface area contributed by atoms with Crippen molar-refractivity contribution < 1.29 is 227 Å². The van der Waals surface area contributed by atoms with Gasteiger partial charge in [-0.25, -0.2) is 0 Å². The van der Waals surface area contributed by atoms with Crippen molar-refractivity contribution in [2.75, 3.05) is 59.5 Å². The maximum Gasteiger partial charge on any atom is 0.217 e. The molecule has 0 radical (unpaired) electrons. The van der Waals surface area contributed by atoms with Crippen LogP contribution in [0.5, 0.6) is 0 Å². The largest absolute Gasteiger partial charge is 0.394 e. The Balaban J connectivity index is 1.02. The summed E-state index contributed by atoms with van der Waals surface area (Å²) in [6.45, 7) is -4.61. The second kappa shape index (κ2) is 41.5. The molecule has 45 atom stereocenters. The number of carbonyl (C=O) groups excluding carboxylic acids is 5. The second-order valence-electron chi connectivity index (χ2n) is 28.9. The Bertz CT molecular complexity index is 3100. The van der Waals surface area contributed by atoms with E-state index in [-0.39, 0.29) is 0 Å². The average Bonchev–Trinajstić information content (AvgIpc) is 0.765. The number of ether oxygens (including phenoxy) is 17. The van der Waals surface area contributed by atoms with Crippen LogP contribution in [0.3, 0.4) is 0 Å². The van der Waals surface area contributed by atoms with Crippen LogP contribution >= 0.6 is 0 Å². The molecule has 9 aliphatic heterocycles. The summed E-state index contributed by atoms with van der Waals surface area (Å²) < 4.78 is 100. The summed E-state index contributed by atoms with van der Waals surface area (Å²) in [4.78, 5) is 63.7. The fourth-order valence-electron chi connectivity index (χ4n) is 14.8. The third kappa shape index (κ3) is 21.4. The van der Waals surface area contributed by atoms with E-state index in [2.05, 4.69) is 26.6 Å². The lowest BCUT2D eigenvalue weighted by Gasteiger charge is -2.51. The minimum atomic E-state index is -2.51. The molecule has 664 valence electrons. The first kappa shape index (κ1) is 94.6. The molecule has 9 saturated heterocycles. The zero-order valence-electron chi connectivity index (χ0n) is 62.1. The fourth-order valence-corrected chi connectivity index (χ4v) is 14.8. The molecule has 115 heavy (non-hydrogen) atoms. The molecule has 0 aromatic carbocycles. The van der Waals surface area contributed by atoms with E-state index in [0.717, 1.165) is 34.6 Å². The number of aliphatic hydroxyl groups is 24. The number of hydrogen-bond donors (Lipinski definition) is 29. The van der Waals surface area contributed by atoms with E-state index in [9.17, 15) is 147 Å². The summed E-state index contributed by atoms with van der Waals surface area (Å²) in [5, 5.41) is 279. The first-order chi connectivity index (χ1) is 54.4. The highest BCUT2D eigenvalue weighted by Gasteiger charge is 2.61. The van der Waals surface area contributed by atoms with Gasteiger partial charge in [0.2, 0.25) is 29.5 Å². The molecule has 9 aliphatic rings. The zero-order valence-corrected chi connectivity index (χ0v) is 62.1. The van der Waals surface area contributed by atoms with Crippen LogP contribution in [-0.2, 0) is 104 Å². The Morgan fingerprint density at radius 1 is 0.226 bits per heavy atom. The molecule has 9 fully saturated rings. The summed E-state index contributed by atoms with van der Waals surface area (Å²) in [5.74, 6) is -4.47. The van der Waals surface area contributed by atoms with Crippen molar-refractivity contribution in [2.45, 2.75) is 311 Å². The second-order valence-corrected chi connectivity index (χ2v) is 28.9. The lowest BCUT2D eigenvalue weighted by Crippen LogP contribution is -2.71. The third-order valence-corrected chi connectivity index (χ3v) is 20.7. The summed E-state index contributed by atoms with van der Waals surface area (Å²) in [7, 11) is 0. The van der Waals surface area contributed by atoms with Crippen LogP contribution < -0.4 is 26.6 Å². The van der Waals surface area contributed by atoms with Crippen LogP contribution in [0.4, 0.5) is 0 Å². The minimum absolute atomic E-state index is 0.795. The lowest BCUT2D eigenvalue weighted by molar-refractivity contribution is -0.390. The molecule has 29 N–H and O–H groups in total. The van der Waals surface area contributed by atoms with Crippen molar-refractivity contribution in [3.8, 4) is 0 Å². The summed E-state index contributed by atoms with van der Waals surface area (Å²) in [6.07, 6.45) is -82.0. The Labute approximate surface area is 651 Å². The zero-order chi connectivity index (χ0) is 84.8. The van der Waals surface area contributed by atoms with Crippen LogP contribution in [-0.4, -0.2) is 488 Å². The molecule has 51 heteroatoms. The highest BCUT2D eigenvalue weighted by molar-refractivity contribution is 5.75. The van der Waals surface area contributed by atoms with Gasteiger partial charge in [-0.05, 0) is 0 Å². The van der Waals surface area contributed by atoms with Crippen LogP contribution in [0.25, 0.3) is 0 Å². The highest BCUT2D eigenvalue weighted by Crippen LogP contribution is 2.40. The van der Waals surface area contributed by atoms with Gasteiger partial charge in [-0.15, -0.1) is 0 Å². The number of nitrogens with one attached hydrogen (secondary N) is 5. The van der Waals surface area contributed by atoms with Crippen LogP contribution in [0, 0.1) is 0 Å². The molecule has 9 rings (SSSR count). The predicted molar refractivity (Wildman–Crippen MR) is 355 cm³/mol. The van der Waals surface area contributed by atoms with E-state index >= 15 is 0 Å². The molecule has 0 aromatic heterocycles. The van der Waals surface area contributed by atoms with Crippen molar-refractivity contribution in [3.63, 3.8) is 0 Å². The molecule has 9 heterocycles. The number of amides is 5. The van der Waals surface area contributed by atoms with Crippen molar-refractivity contribution >= 4 is 29.5 Å². The Kier molecular flexibility index (Phi) is 34.1. The molecular formula is C64H107N5O46. The fraction of sp³-hybridized carbons (Fsp3) is 0.922. The van der Waals surface area contributed by atoms with E-state index in [0.29, 0.717) is 0 Å². The Morgan fingerprint density at radius 2 is 0.443 bits per heavy atom. The van der Waals surface area contributed by atoms with E-state index in [4.69, 9.17) is 80.5 Å². The first-order valence-corrected chi connectivity index (χ1v) is 36.6. The van der Waals surface area contributed by atoms with Gasteiger partial charge in [0.05, 0.1) is 59.5 Å². The van der Waals surface area contributed by atoms with Crippen molar-refractivity contribution in [1.29, 1.82) is 0 Å². The Morgan fingerprint density at radius 3 is 0.739 bits per heavy atom. The van der Waals surface area contributed by atoms with Gasteiger partial charge < -0.3 is 230 Å². The van der Waals surface area contributed by atoms with E-state index in [1.165, 1.54) is 0 Å². The third-order valence-electron chi connectivity index (χ3n) is 20.7. The van der Waals surface area contributed by atoms with E-state index in [1.54, 1.807) is 0 Å². The van der Waals surface area contributed by atoms with Gasteiger partial charge in [0, 0.05) is 34.6 Å². The highest BCUT2D eigenvalue weighted by atomic mass is 16.8. The number of aliphatic hydroxyl groups excluding tert-OH is 24. The molecule has 1 unspecified atom stereocenters. The van der Waals surface area contributed by atoms with Gasteiger partial charge >= 0.3 is 0 Å². The van der Waals surface area contributed by atoms with Crippen LogP contribution in [0.1, 0.15) is 34.6 Å². The lowest BCUT2D eigenvalue weighted by atomic mass is 9.93. The maximum absolute atomic E-state index is 13.3. The molecule has 5 amide bonds. The van der Waals surface area contributed by atoms with E-state index < -0.39 is 365 Å². The van der Waals surface area contributed by atoms with Gasteiger partial charge in [0.25, 0.3) is 0 Å². The van der Waals surface area contributed by atoms with Crippen molar-refractivity contribution in [2.24, 2.45) is 0 Å². The van der Waals surface area contributed by atoms with Crippen LogP contribution in [0.2, 0.25) is 0 Å². The standard InChI is InChI=1S/C64H107N5O46/c1-15(77)65-29-40(88)34(82)20(6-70)102-57(29)99-13-27-38(86)54(114-59-31(67-17(3)79)42(90)36(84)22(8-72)104-59)48(96)63(108-27)110-51-26(12-76)107-61(33(44(51)92)69-19(5)81)115-55-39(87)28(14-100-58-30(66-16(2)78)41(89)35(83)21(7-71)103-58)109-64(49(55)97)111-50-25(11-75)106-60(32(43(50)91)68-18(4)80)113-53-37(85)23(9-73)105-62(47(53)95)112-52-24(10-74)101-56(98)46(94)45(52)93/h20-64,70-76,82-98H,6-14H2,1-5H3,(H,65,77)(H,66,78)(H,67,79)(H,68,80)(H,69,81)/t20-,21-,22-,23-,24-,25-,26-,27-,28-,29-,30-,31-,32-,33-,34-,35-,36-,37+,38+,39+,40-,41-,42-,43-,44-,45-,46-,47-,48-,49-,50-,51-,52-,53+,54+,55+,56?,57-,58-,59+,60+,61+,62+,63+,64+/m1/s1. The van der Waals surface area contributed by atoms with Gasteiger partial charge in [-0.3, -0.25) is 24.0 Å². The quantitative estimate of drug-likeness (QED) is 0.0318. The normalized spacial score (nSPS) is 47.9. The average molecular weight is 1680 g/mol. The maximum atomic E-state index is 13.3. The number of hydrogen-bond acceptors (Lipinski definition) is 46. The number of rotatable bonds is 30.